The summed E-state index contributed by atoms with van der Waals surface area (Å²) in [6, 6.07) is 14.2. The van der Waals surface area contributed by atoms with Crippen molar-refractivity contribution in [2.75, 3.05) is 11.1 Å². The Balaban J connectivity index is 2.05. The SMILES string of the molecule is Cc1ccc(NCc2cccc(N)c2)cc1Br. The number of nitrogens with one attached hydrogen (secondary N) is 1. The molecule has 3 N–H and O–H groups in total. The molecule has 0 aliphatic carbocycles. The van der Waals surface area contributed by atoms with Crippen LogP contribution in [-0.2, 0) is 6.54 Å². The van der Waals surface area contributed by atoms with Crippen LogP contribution in [0.5, 0.6) is 0 Å². The van der Waals surface area contributed by atoms with E-state index in [1.54, 1.807) is 0 Å². The van der Waals surface area contributed by atoms with Crippen molar-refractivity contribution in [3.63, 3.8) is 0 Å². The summed E-state index contributed by atoms with van der Waals surface area (Å²) in [5, 5.41) is 3.37. The molecule has 2 aromatic rings. The molecule has 17 heavy (non-hydrogen) atoms. The summed E-state index contributed by atoms with van der Waals surface area (Å²) in [4.78, 5) is 0. The first-order chi connectivity index (χ1) is 8.15. The standard InChI is InChI=1S/C14H15BrN2/c1-10-5-6-13(8-14(10)15)17-9-11-3-2-4-12(16)7-11/h2-8,17H,9,16H2,1H3. The van der Waals surface area contributed by atoms with Crippen molar-refractivity contribution in [3.8, 4) is 0 Å². The van der Waals surface area contributed by atoms with Crippen LogP contribution in [0, 0.1) is 6.92 Å². The first kappa shape index (κ1) is 12.0. The number of nitrogens with two attached hydrogens (primary N) is 1. The molecule has 3 heteroatoms. The molecule has 2 aromatic carbocycles. The van der Waals surface area contributed by atoms with E-state index in [1.165, 1.54) is 11.1 Å². The molecule has 2 nitrogen and oxygen atoms in total. The predicted molar refractivity (Wildman–Crippen MR) is 77.1 cm³/mol. The van der Waals surface area contributed by atoms with E-state index < -0.39 is 0 Å². The van der Waals surface area contributed by atoms with Gasteiger partial charge in [-0.1, -0.05) is 34.1 Å². The highest BCUT2D eigenvalue weighted by molar-refractivity contribution is 9.10. The third kappa shape index (κ3) is 3.24. The topological polar surface area (TPSA) is 38.0 Å². The summed E-state index contributed by atoms with van der Waals surface area (Å²) >= 11 is 3.52. The Bertz CT molecular complexity index is 523. The highest BCUT2D eigenvalue weighted by atomic mass is 79.9. The van der Waals surface area contributed by atoms with Gasteiger partial charge >= 0.3 is 0 Å². The molecule has 0 atom stereocenters. The average Bonchev–Trinajstić information content (AvgIpc) is 2.31. The highest BCUT2D eigenvalue weighted by Crippen LogP contribution is 2.21. The molecule has 0 saturated carbocycles. The molecule has 0 radical (unpaired) electrons. The van der Waals surface area contributed by atoms with Gasteiger partial charge in [-0.2, -0.15) is 0 Å². The highest BCUT2D eigenvalue weighted by Gasteiger charge is 1.98. The van der Waals surface area contributed by atoms with Gasteiger partial charge < -0.3 is 11.1 Å². The Morgan fingerprint density at radius 2 is 2.00 bits per heavy atom. The summed E-state index contributed by atoms with van der Waals surface area (Å²) in [5.41, 5.74) is 10.1. The van der Waals surface area contributed by atoms with Gasteiger partial charge in [-0.15, -0.1) is 0 Å². The number of hydrogen-bond donors (Lipinski definition) is 2. The maximum atomic E-state index is 5.74. The minimum atomic E-state index is 0.778. The van der Waals surface area contributed by atoms with E-state index in [0.717, 1.165) is 22.4 Å². The van der Waals surface area contributed by atoms with Crippen molar-refractivity contribution in [2.24, 2.45) is 0 Å². The number of aryl methyl sites for hydroxylation is 1. The van der Waals surface area contributed by atoms with Crippen molar-refractivity contribution < 1.29 is 0 Å². The monoisotopic (exact) mass is 290 g/mol. The van der Waals surface area contributed by atoms with E-state index in [1.807, 2.05) is 18.2 Å². The summed E-state index contributed by atoms with van der Waals surface area (Å²) in [7, 11) is 0. The van der Waals surface area contributed by atoms with Gasteiger partial charge in [0.2, 0.25) is 0 Å². The number of rotatable bonds is 3. The fraction of sp³-hybridized carbons (Fsp3) is 0.143. The molecule has 0 heterocycles. The number of halogens is 1. The maximum absolute atomic E-state index is 5.74. The van der Waals surface area contributed by atoms with Crippen LogP contribution in [0.15, 0.2) is 46.9 Å². The second kappa shape index (κ2) is 5.23. The van der Waals surface area contributed by atoms with Gasteiger partial charge in [0.15, 0.2) is 0 Å². The van der Waals surface area contributed by atoms with Gasteiger partial charge in [-0.25, -0.2) is 0 Å². The van der Waals surface area contributed by atoms with E-state index in [4.69, 9.17) is 5.73 Å². The number of hydrogen-bond acceptors (Lipinski definition) is 2. The Morgan fingerprint density at radius 3 is 2.71 bits per heavy atom. The lowest BCUT2D eigenvalue weighted by Crippen LogP contribution is -2.00. The first-order valence-corrected chi connectivity index (χ1v) is 6.29. The Labute approximate surface area is 110 Å². The summed E-state index contributed by atoms with van der Waals surface area (Å²) in [6.45, 7) is 2.85. The van der Waals surface area contributed by atoms with Crippen LogP contribution < -0.4 is 11.1 Å². The van der Waals surface area contributed by atoms with E-state index >= 15 is 0 Å². The van der Waals surface area contributed by atoms with Gasteiger partial charge in [0.1, 0.15) is 0 Å². The number of benzene rings is 2. The lowest BCUT2D eigenvalue weighted by Gasteiger charge is -2.08. The molecule has 0 aliphatic rings. The summed E-state index contributed by atoms with van der Waals surface area (Å²) in [6.07, 6.45) is 0. The third-order valence-electron chi connectivity index (χ3n) is 2.62. The smallest absolute Gasteiger partial charge is 0.0401 e. The second-order valence-electron chi connectivity index (χ2n) is 4.06. The molecule has 0 aromatic heterocycles. The van der Waals surface area contributed by atoms with Crippen LogP contribution in [0.25, 0.3) is 0 Å². The van der Waals surface area contributed by atoms with Crippen molar-refractivity contribution in [1.29, 1.82) is 0 Å². The normalized spacial score (nSPS) is 10.2. The largest absolute Gasteiger partial charge is 0.399 e. The molecule has 0 amide bonds. The zero-order valence-electron chi connectivity index (χ0n) is 9.70. The third-order valence-corrected chi connectivity index (χ3v) is 3.47. The Morgan fingerprint density at radius 1 is 1.18 bits per heavy atom. The lowest BCUT2D eigenvalue weighted by molar-refractivity contribution is 1.15. The average molecular weight is 291 g/mol. The van der Waals surface area contributed by atoms with Gasteiger partial charge in [0, 0.05) is 22.4 Å². The molecule has 2 rings (SSSR count). The van der Waals surface area contributed by atoms with Crippen molar-refractivity contribution in [2.45, 2.75) is 13.5 Å². The van der Waals surface area contributed by atoms with Crippen molar-refractivity contribution >= 4 is 27.3 Å². The molecule has 0 aliphatic heterocycles. The molecule has 0 fully saturated rings. The zero-order chi connectivity index (χ0) is 12.3. The minimum Gasteiger partial charge on any atom is -0.399 e. The Kier molecular flexibility index (Phi) is 3.69. The zero-order valence-corrected chi connectivity index (χ0v) is 11.3. The number of anilines is 2. The quantitative estimate of drug-likeness (QED) is 0.840. The molecule has 0 unspecified atom stereocenters. The fourth-order valence-electron chi connectivity index (χ4n) is 1.61. The molecule has 0 spiro atoms. The Hall–Kier alpha value is -1.48. The lowest BCUT2D eigenvalue weighted by atomic mass is 10.2. The molecule has 0 saturated heterocycles. The van der Waals surface area contributed by atoms with Crippen molar-refractivity contribution in [1.82, 2.24) is 0 Å². The summed E-state index contributed by atoms with van der Waals surface area (Å²) < 4.78 is 1.12. The molecule has 88 valence electrons. The van der Waals surface area contributed by atoms with E-state index in [0.29, 0.717) is 0 Å². The van der Waals surface area contributed by atoms with E-state index in [9.17, 15) is 0 Å². The van der Waals surface area contributed by atoms with Crippen LogP contribution in [-0.4, -0.2) is 0 Å². The molecular weight excluding hydrogens is 276 g/mol. The fourth-order valence-corrected chi connectivity index (χ4v) is 1.99. The van der Waals surface area contributed by atoms with Crippen LogP contribution in [0.1, 0.15) is 11.1 Å². The number of nitrogen functional groups attached to an aromatic ring is 1. The van der Waals surface area contributed by atoms with Gasteiger partial charge in [-0.05, 0) is 42.3 Å². The maximum Gasteiger partial charge on any atom is 0.0401 e. The first-order valence-electron chi connectivity index (χ1n) is 5.49. The van der Waals surface area contributed by atoms with Gasteiger partial charge in [0.25, 0.3) is 0 Å². The second-order valence-corrected chi connectivity index (χ2v) is 4.92. The van der Waals surface area contributed by atoms with Crippen LogP contribution in [0.4, 0.5) is 11.4 Å². The predicted octanol–water partition coefficient (Wildman–Crippen LogP) is 3.95. The minimum absolute atomic E-state index is 0.778. The van der Waals surface area contributed by atoms with Gasteiger partial charge in [0.05, 0.1) is 0 Å². The van der Waals surface area contributed by atoms with Crippen LogP contribution in [0.2, 0.25) is 0 Å². The summed E-state index contributed by atoms with van der Waals surface area (Å²) in [5.74, 6) is 0. The van der Waals surface area contributed by atoms with Crippen molar-refractivity contribution in [3.05, 3.63) is 58.1 Å². The van der Waals surface area contributed by atoms with Crippen LogP contribution in [0.3, 0.4) is 0 Å². The van der Waals surface area contributed by atoms with E-state index in [-0.39, 0.29) is 0 Å². The molecular formula is C14H15BrN2. The van der Waals surface area contributed by atoms with Crippen LogP contribution >= 0.6 is 15.9 Å². The van der Waals surface area contributed by atoms with Gasteiger partial charge in [-0.3, -0.25) is 0 Å². The van der Waals surface area contributed by atoms with E-state index in [2.05, 4.69) is 52.4 Å². The molecule has 0 bridgehead atoms.